The van der Waals surface area contributed by atoms with Crippen LogP contribution in [0.3, 0.4) is 0 Å². The Hall–Kier alpha value is -2.65. The molecule has 0 aromatic heterocycles. The molecule has 0 radical (unpaired) electrons. The first-order chi connectivity index (χ1) is 15.1. The zero-order valence-electron chi connectivity index (χ0n) is 19.3. The van der Waals surface area contributed by atoms with Crippen LogP contribution in [0.25, 0.3) is 0 Å². The van der Waals surface area contributed by atoms with Crippen molar-refractivity contribution in [2.75, 3.05) is 45.2 Å². The minimum atomic E-state index is -0.586. The van der Waals surface area contributed by atoms with Crippen LogP contribution in [0.4, 0.5) is 10.5 Å². The molecule has 176 valence electrons. The average molecular weight is 447 g/mol. The third kappa shape index (κ3) is 6.67. The summed E-state index contributed by atoms with van der Waals surface area (Å²) >= 11 is 0. The molecule has 1 aromatic rings. The van der Waals surface area contributed by atoms with E-state index < -0.39 is 17.8 Å². The first kappa shape index (κ1) is 24.0. The molecule has 9 heteroatoms. The summed E-state index contributed by atoms with van der Waals surface area (Å²) in [6.45, 7) is 8.23. The summed E-state index contributed by atoms with van der Waals surface area (Å²) in [6, 6.07) is 6.74. The van der Waals surface area contributed by atoms with Gasteiger partial charge >= 0.3 is 6.09 Å². The van der Waals surface area contributed by atoms with E-state index in [0.29, 0.717) is 43.9 Å². The standard InChI is InChI=1S/C23H34N4O5/c1-23(2,3)32-22(30)24-14-18-15-26(4)10-11-27(18)21(29)16-7-5-8-17(13-16)25-20(28)19-9-6-12-31-19/h5,7-8,13,18-19H,6,9-12,14-15H2,1-4H3,(H,24,30)(H,25,28)/t18-,19+/m0/s1. The third-order valence-electron chi connectivity index (χ3n) is 5.43. The van der Waals surface area contributed by atoms with E-state index in [0.717, 1.165) is 13.0 Å². The summed E-state index contributed by atoms with van der Waals surface area (Å²) in [5.74, 6) is -0.326. The number of carbonyl (C=O) groups is 3. The molecule has 2 aliphatic rings. The first-order valence-electron chi connectivity index (χ1n) is 11.1. The van der Waals surface area contributed by atoms with Crippen molar-refractivity contribution in [3.05, 3.63) is 29.8 Å². The molecule has 2 fully saturated rings. The molecule has 2 aliphatic heterocycles. The SMILES string of the molecule is CN1CCN(C(=O)c2cccc(NC(=O)[C@H]3CCCO3)c2)[C@@H](CNC(=O)OC(C)(C)C)C1. The Morgan fingerprint density at radius 1 is 1.22 bits per heavy atom. The smallest absolute Gasteiger partial charge is 0.407 e. The number of benzene rings is 1. The highest BCUT2D eigenvalue weighted by Gasteiger charge is 2.31. The summed E-state index contributed by atoms with van der Waals surface area (Å²) in [5.41, 5.74) is 0.466. The summed E-state index contributed by atoms with van der Waals surface area (Å²) in [5, 5.41) is 5.63. The molecule has 0 bridgehead atoms. The maximum atomic E-state index is 13.3. The van der Waals surface area contributed by atoms with Gasteiger partial charge in [-0.25, -0.2) is 4.79 Å². The fourth-order valence-corrected chi connectivity index (χ4v) is 3.87. The van der Waals surface area contributed by atoms with E-state index in [4.69, 9.17) is 9.47 Å². The molecular formula is C23H34N4O5. The fourth-order valence-electron chi connectivity index (χ4n) is 3.87. The van der Waals surface area contributed by atoms with Crippen molar-refractivity contribution in [1.29, 1.82) is 0 Å². The van der Waals surface area contributed by atoms with Crippen molar-refractivity contribution in [3.8, 4) is 0 Å². The Bertz CT molecular complexity index is 832. The lowest BCUT2D eigenvalue weighted by Crippen LogP contribution is -2.58. The number of rotatable bonds is 5. The number of anilines is 1. The molecule has 0 unspecified atom stereocenters. The molecule has 0 aliphatic carbocycles. The minimum absolute atomic E-state index is 0.137. The van der Waals surface area contributed by atoms with Crippen LogP contribution in [0.2, 0.25) is 0 Å². The molecule has 0 saturated carbocycles. The number of nitrogens with zero attached hydrogens (tertiary/aromatic N) is 2. The Labute approximate surface area is 189 Å². The lowest BCUT2D eigenvalue weighted by molar-refractivity contribution is -0.124. The topological polar surface area (TPSA) is 100 Å². The first-order valence-corrected chi connectivity index (χ1v) is 11.1. The van der Waals surface area contributed by atoms with E-state index in [2.05, 4.69) is 15.5 Å². The molecule has 32 heavy (non-hydrogen) atoms. The van der Waals surface area contributed by atoms with Gasteiger partial charge < -0.3 is 29.9 Å². The van der Waals surface area contributed by atoms with Gasteiger partial charge in [0, 0.05) is 44.0 Å². The van der Waals surface area contributed by atoms with Gasteiger partial charge in [-0.15, -0.1) is 0 Å². The van der Waals surface area contributed by atoms with E-state index in [1.165, 1.54) is 0 Å². The zero-order chi connectivity index (χ0) is 23.3. The van der Waals surface area contributed by atoms with Gasteiger partial charge in [-0.2, -0.15) is 0 Å². The number of hydrogen-bond donors (Lipinski definition) is 2. The largest absolute Gasteiger partial charge is 0.444 e. The molecule has 9 nitrogen and oxygen atoms in total. The van der Waals surface area contributed by atoms with E-state index in [9.17, 15) is 14.4 Å². The Balaban J connectivity index is 1.65. The van der Waals surface area contributed by atoms with Crippen LogP contribution in [0.1, 0.15) is 44.0 Å². The van der Waals surface area contributed by atoms with Crippen molar-refractivity contribution in [1.82, 2.24) is 15.1 Å². The molecule has 2 atom stereocenters. The van der Waals surface area contributed by atoms with Gasteiger partial charge in [0.05, 0.1) is 6.04 Å². The van der Waals surface area contributed by atoms with Crippen LogP contribution in [0.15, 0.2) is 24.3 Å². The summed E-state index contributed by atoms with van der Waals surface area (Å²) in [7, 11) is 1.99. The Kier molecular flexibility index (Phi) is 7.73. The highest BCUT2D eigenvalue weighted by atomic mass is 16.6. The quantitative estimate of drug-likeness (QED) is 0.718. The van der Waals surface area contributed by atoms with Gasteiger partial charge in [-0.3, -0.25) is 9.59 Å². The maximum absolute atomic E-state index is 13.3. The Morgan fingerprint density at radius 2 is 2.00 bits per heavy atom. The number of likely N-dealkylation sites (N-methyl/N-ethyl adjacent to an activating group) is 1. The molecule has 3 amide bonds. The van der Waals surface area contributed by atoms with Gasteiger partial charge in [0.25, 0.3) is 11.8 Å². The van der Waals surface area contributed by atoms with E-state index in [1.54, 1.807) is 49.9 Å². The predicted molar refractivity (Wildman–Crippen MR) is 121 cm³/mol. The second kappa shape index (κ2) is 10.3. The van der Waals surface area contributed by atoms with Crippen LogP contribution in [-0.2, 0) is 14.3 Å². The maximum Gasteiger partial charge on any atom is 0.407 e. The van der Waals surface area contributed by atoms with Gasteiger partial charge in [-0.05, 0) is 58.9 Å². The van der Waals surface area contributed by atoms with E-state index in [-0.39, 0.29) is 17.9 Å². The monoisotopic (exact) mass is 446 g/mol. The van der Waals surface area contributed by atoms with Crippen molar-refractivity contribution in [3.63, 3.8) is 0 Å². The van der Waals surface area contributed by atoms with Crippen LogP contribution in [-0.4, -0.2) is 85.3 Å². The van der Waals surface area contributed by atoms with Crippen LogP contribution >= 0.6 is 0 Å². The van der Waals surface area contributed by atoms with Crippen LogP contribution < -0.4 is 10.6 Å². The molecule has 0 spiro atoms. The molecular weight excluding hydrogens is 412 g/mol. The lowest BCUT2D eigenvalue weighted by atomic mass is 10.1. The number of hydrogen-bond acceptors (Lipinski definition) is 6. The Morgan fingerprint density at radius 3 is 2.69 bits per heavy atom. The van der Waals surface area contributed by atoms with Gasteiger partial charge in [0.1, 0.15) is 11.7 Å². The summed E-state index contributed by atoms with van der Waals surface area (Å²) in [4.78, 5) is 41.6. The van der Waals surface area contributed by atoms with Crippen LogP contribution in [0, 0.1) is 0 Å². The van der Waals surface area contributed by atoms with E-state index >= 15 is 0 Å². The van der Waals surface area contributed by atoms with Gasteiger partial charge in [0.2, 0.25) is 0 Å². The van der Waals surface area contributed by atoms with Gasteiger partial charge in [-0.1, -0.05) is 6.07 Å². The minimum Gasteiger partial charge on any atom is -0.444 e. The highest BCUT2D eigenvalue weighted by molar-refractivity contribution is 5.98. The number of nitrogens with one attached hydrogen (secondary N) is 2. The number of piperazine rings is 1. The van der Waals surface area contributed by atoms with Crippen molar-refractivity contribution in [2.45, 2.75) is 51.4 Å². The number of ether oxygens (including phenoxy) is 2. The normalized spacial score (nSPS) is 21.8. The molecule has 3 rings (SSSR count). The van der Waals surface area contributed by atoms with Crippen LogP contribution in [0.5, 0.6) is 0 Å². The summed E-state index contributed by atoms with van der Waals surface area (Å²) in [6.07, 6.45) is 0.642. The predicted octanol–water partition coefficient (Wildman–Crippen LogP) is 2.08. The highest BCUT2D eigenvalue weighted by Crippen LogP contribution is 2.19. The number of amides is 3. The zero-order valence-corrected chi connectivity index (χ0v) is 19.3. The molecule has 1 aromatic carbocycles. The van der Waals surface area contributed by atoms with Crippen molar-refractivity contribution >= 4 is 23.6 Å². The second-order valence-electron chi connectivity index (χ2n) is 9.37. The second-order valence-corrected chi connectivity index (χ2v) is 9.37. The number of alkyl carbamates (subject to hydrolysis) is 1. The molecule has 2 N–H and O–H groups in total. The van der Waals surface area contributed by atoms with Crippen molar-refractivity contribution in [2.24, 2.45) is 0 Å². The lowest BCUT2D eigenvalue weighted by Gasteiger charge is -2.40. The van der Waals surface area contributed by atoms with E-state index in [1.807, 2.05) is 7.05 Å². The summed E-state index contributed by atoms with van der Waals surface area (Å²) < 4.78 is 10.7. The number of carbonyl (C=O) groups excluding carboxylic acids is 3. The third-order valence-corrected chi connectivity index (χ3v) is 5.43. The fraction of sp³-hybridized carbons (Fsp3) is 0.609. The average Bonchev–Trinajstić information content (AvgIpc) is 3.26. The van der Waals surface area contributed by atoms with Gasteiger partial charge in [0.15, 0.2) is 0 Å². The molecule has 2 saturated heterocycles. The molecule has 2 heterocycles. The van der Waals surface area contributed by atoms with Crippen molar-refractivity contribution < 1.29 is 23.9 Å².